The van der Waals surface area contributed by atoms with Crippen LogP contribution in [0.25, 0.3) is 11.1 Å². The average molecular weight is 367 g/mol. The van der Waals surface area contributed by atoms with Crippen LogP contribution in [0.15, 0.2) is 27.5 Å². The molecule has 4 rings (SSSR count). The summed E-state index contributed by atoms with van der Waals surface area (Å²) in [6.07, 6.45) is 3.89. The third kappa shape index (κ3) is 3.22. The fourth-order valence-corrected chi connectivity index (χ4v) is 3.67. The zero-order chi connectivity index (χ0) is 19.0. The van der Waals surface area contributed by atoms with Gasteiger partial charge in [0.25, 0.3) is 0 Å². The molecule has 0 aromatic carbocycles. The maximum atomic E-state index is 12.8. The lowest BCUT2D eigenvalue weighted by atomic mass is 10.0. The number of carbonyl (C=O) groups excluding carboxylic acids is 1. The van der Waals surface area contributed by atoms with Crippen molar-refractivity contribution >= 4 is 5.91 Å². The van der Waals surface area contributed by atoms with Crippen molar-refractivity contribution in [2.75, 3.05) is 6.54 Å². The summed E-state index contributed by atoms with van der Waals surface area (Å²) in [5.74, 6) is 0.796. The van der Waals surface area contributed by atoms with Crippen LogP contribution in [0.1, 0.15) is 47.4 Å². The number of nitrogens with zero attached hydrogens (tertiary/aromatic N) is 5. The lowest BCUT2D eigenvalue weighted by Gasteiger charge is -2.24. The topological polar surface area (TPSA) is 98.2 Å². The Balaban J connectivity index is 1.53. The molecule has 0 unspecified atom stereocenters. The van der Waals surface area contributed by atoms with Gasteiger partial charge < -0.3 is 9.42 Å². The van der Waals surface area contributed by atoms with E-state index in [2.05, 4.69) is 20.5 Å². The molecule has 1 amide bonds. The van der Waals surface area contributed by atoms with Crippen molar-refractivity contribution in [1.29, 1.82) is 0 Å². The summed E-state index contributed by atoms with van der Waals surface area (Å²) in [7, 11) is 0. The number of pyridine rings is 1. The zero-order valence-corrected chi connectivity index (χ0v) is 15.6. The van der Waals surface area contributed by atoms with Crippen LogP contribution >= 0.6 is 0 Å². The molecule has 8 nitrogen and oxygen atoms in total. The molecule has 140 valence electrons. The molecule has 1 saturated heterocycles. The van der Waals surface area contributed by atoms with Crippen LogP contribution in [-0.2, 0) is 11.2 Å². The molecule has 8 heteroatoms. The van der Waals surface area contributed by atoms with Gasteiger partial charge in [-0.25, -0.2) is 4.63 Å². The smallest absolute Gasteiger partial charge is 0.229 e. The fraction of sp³-hybridized carbons (Fsp3) is 0.421. The van der Waals surface area contributed by atoms with Gasteiger partial charge in [-0.05, 0) is 39.7 Å². The number of rotatable bonds is 4. The quantitative estimate of drug-likeness (QED) is 0.699. The van der Waals surface area contributed by atoms with E-state index < -0.39 is 0 Å². The minimum absolute atomic E-state index is 0.0172. The van der Waals surface area contributed by atoms with E-state index >= 15 is 0 Å². The average Bonchev–Trinajstić information content (AvgIpc) is 3.37. The van der Waals surface area contributed by atoms with Gasteiger partial charge in [0.15, 0.2) is 0 Å². The monoisotopic (exact) mass is 367 g/mol. The second-order valence-corrected chi connectivity index (χ2v) is 6.89. The van der Waals surface area contributed by atoms with E-state index in [1.807, 2.05) is 37.1 Å². The zero-order valence-electron chi connectivity index (χ0n) is 15.6. The maximum absolute atomic E-state index is 12.8. The molecule has 0 spiro atoms. The lowest BCUT2D eigenvalue weighted by Crippen LogP contribution is -2.32. The summed E-state index contributed by atoms with van der Waals surface area (Å²) >= 11 is 0. The fourth-order valence-electron chi connectivity index (χ4n) is 3.67. The second-order valence-electron chi connectivity index (χ2n) is 6.89. The third-order valence-electron chi connectivity index (χ3n) is 5.09. The first-order valence-electron chi connectivity index (χ1n) is 9.01. The number of carbonyl (C=O) groups is 1. The van der Waals surface area contributed by atoms with Crippen molar-refractivity contribution in [3.8, 4) is 11.1 Å². The molecule has 3 aromatic rings. The molecule has 4 heterocycles. The minimum Gasteiger partial charge on any atom is -0.361 e. The molecule has 3 aromatic heterocycles. The number of amides is 1. The van der Waals surface area contributed by atoms with Gasteiger partial charge in [0, 0.05) is 23.9 Å². The van der Waals surface area contributed by atoms with Crippen molar-refractivity contribution in [3.05, 3.63) is 46.9 Å². The van der Waals surface area contributed by atoms with Crippen LogP contribution in [0, 0.1) is 20.8 Å². The number of likely N-dealkylation sites (tertiary alicyclic amines) is 1. The molecule has 0 aliphatic carbocycles. The van der Waals surface area contributed by atoms with Crippen LogP contribution in [0.5, 0.6) is 0 Å². The number of aromatic nitrogens is 4. The molecule has 1 atom stereocenters. The highest BCUT2D eigenvalue weighted by Gasteiger charge is 2.31. The molecule has 1 aliphatic rings. The summed E-state index contributed by atoms with van der Waals surface area (Å²) < 4.78 is 9.93. The Kier molecular flexibility index (Phi) is 4.47. The second kappa shape index (κ2) is 6.94. The standard InChI is InChI=1S/C19H21N5O3/c1-11-16(23-27-22-11)9-18(25)24-8-4-5-17(24)15-7-6-14(10-20-15)19-12(2)21-26-13(19)3/h6-7,10,17H,4-5,8-9H2,1-3H3/t17-/m0/s1. The molecule has 27 heavy (non-hydrogen) atoms. The molecule has 0 radical (unpaired) electrons. The van der Waals surface area contributed by atoms with Crippen LogP contribution < -0.4 is 0 Å². The molecular weight excluding hydrogens is 346 g/mol. The van der Waals surface area contributed by atoms with Gasteiger partial charge in [0.1, 0.15) is 17.1 Å². The van der Waals surface area contributed by atoms with Gasteiger partial charge in [-0.1, -0.05) is 21.5 Å². The Morgan fingerprint density at radius 3 is 2.67 bits per heavy atom. The van der Waals surface area contributed by atoms with E-state index in [1.54, 1.807) is 6.92 Å². The van der Waals surface area contributed by atoms with E-state index in [9.17, 15) is 4.79 Å². The van der Waals surface area contributed by atoms with Crippen LogP contribution in [0.4, 0.5) is 0 Å². The largest absolute Gasteiger partial charge is 0.361 e. The summed E-state index contributed by atoms with van der Waals surface area (Å²) in [5.41, 5.74) is 4.92. The SMILES string of the molecule is Cc1nonc1CC(=O)N1CCC[C@H]1c1ccc(-c2c(C)noc2C)cn1. The summed E-state index contributed by atoms with van der Waals surface area (Å²) in [6, 6.07) is 3.98. The van der Waals surface area contributed by atoms with Crippen LogP contribution in [0.2, 0.25) is 0 Å². The highest BCUT2D eigenvalue weighted by atomic mass is 16.6. The summed E-state index contributed by atoms with van der Waals surface area (Å²) in [6.45, 7) is 6.32. The predicted octanol–water partition coefficient (Wildman–Crippen LogP) is 2.95. The van der Waals surface area contributed by atoms with Crippen molar-refractivity contribution in [2.45, 2.75) is 46.1 Å². The van der Waals surface area contributed by atoms with Gasteiger partial charge in [0.2, 0.25) is 5.91 Å². The van der Waals surface area contributed by atoms with Gasteiger partial charge in [-0.3, -0.25) is 9.78 Å². The number of hydrogen-bond donors (Lipinski definition) is 0. The lowest BCUT2D eigenvalue weighted by molar-refractivity contribution is -0.131. The Bertz CT molecular complexity index is 941. The number of aryl methyl sites for hydroxylation is 3. The number of hydrogen-bond acceptors (Lipinski definition) is 7. The molecule has 0 bridgehead atoms. The first-order chi connectivity index (χ1) is 13.0. The minimum atomic E-state index is -0.0172. The van der Waals surface area contributed by atoms with Crippen molar-refractivity contribution in [1.82, 2.24) is 25.4 Å². The van der Waals surface area contributed by atoms with Gasteiger partial charge >= 0.3 is 0 Å². The normalized spacial score (nSPS) is 16.9. The molecule has 1 aliphatic heterocycles. The van der Waals surface area contributed by atoms with Gasteiger partial charge in [0.05, 0.1) is 23.9 Å². The van der Waals surface area contributed by atoms with Gasteiger partial charge in [-0.15, -0.1) is 0 Å². The van der Waals surface area contributed by atoms with E-state index in [1.165, 1.54) is 0 Å². The molecular formula is C19H21N5O3. The Morgan fingerprint density at radius 1 is 1.19 bits per heavy atom. The van der Waals surface area contributed by atoms with E-state index in [4.69, 9.17) is 9.15 Å². The Labute approximate surface area is 156 Å². The van der Waals surface area contributed by atoms with Crippen molar-refractivity contribution in [2.24, 2.45) is 0 Å². The first kappa shape index (κ1) is 17.4. The highest BCUT2D eigenvalue weighted by Crippen LogP contribution is 2.33. The van der Waals surface area contributed by atoms with Crippen molar-refractivity contribution < 1.29 is 13.9 Å². The first-order valence-corrected chi connectivity index (χ1v) is 9.01. The predicted molar refractivity (Wildman–Crippen MR) is 95.6 cm³/mol. The van der Waals surface area contributed by atoms with E-state index in [-0.39, 0.29) is 18.4 Å². The maximum Gasteiger partial charge on any atom is 0.229 e. The molecule has 0 saturated carbocycles. The summed E-state index contributed by atoms with van der Waals surface area (Å²) in [4.78, 5) is 19.3. The van der Waals surface area contributed by atoms with Crippen LogP contribution in [-0.4, -0.2) is 37.8 Å². The Hall–Kier alpha value is -3.03. The van der Waals surface area contributed by atoms with E-state index in [0.29, 0.717) is 11.4 Å². The van der Waals surface area contributed by atoms with Crippen molar-refractivity contribution in [3.63, 3.8) is 0 Å². The van der Waals surface area contributed by atoms with E-state index in [0.717, 1.165) is 47.7 Å². The molecule has 1 fully saturated rings. The van der Waals surface area contributed by atoms with Crippen LogP contribution in [0.3, 0.4) is 0 Å². The molecule has 0 N–H and O–H groups in total. The summed E-state index contributed by atoms with van der Waals surface area (Å²) in [5, 5.41) is 11.6. The third-order valence-corrected chi connectivity index (χ3v) is 5.09. The van der Waals surface area contributed by atoms with Gasteiger partial charge in [-0.2, -0.15) is 0 Å². The Morgan fingerprint density at radius 2 is 2.04 bits per heavy atom. The highest BCUT2D eigenvalue weighted by molar-refractivity contribution is 5.79.